The minimum Gasteiger partial charge on any atom is -0.396 e. The molecule has 0 radical (unpaired) electrons. The summed E-state index contributed by atoms with van der Waals surface area (Å²) in [5, 5.41) is 8.82. The van der Waals surface area contributed by atoms with Crippen LogP contribution in [0, 0.1) is 5.82 Å². The van der Waals surface area contributed by atoms with E-state index in [1.807, 2.05) is 18.7 Å². The first-order valence-electron chi connectivity index (χ1n) is 6.19. The van der Waals surface area contributed by atoms with E-state index >= 15 is 0 Å². The smallest absolute Gasteiger partial charge is 0.179 e. The summed E-state index contributed by atoms with van der Waals surface area (Å²) in [5.41, 5.74) is 0.132. The van der Waals surface area contributed by atoms with Crippen LogP contribution in [0.5, 0.6) is 0 Å². The Kier molecular flexibility index (Phi) is 5.95. The molecule has 0 aromatic heterocycles. The molecule has 0 fully saturated rings. The molecule has 0 aliphatic heterocycles. The molecule has 0 unspecified atom stereocenters. The Hall–Kier alpha value is -1.26. The van der Waals surface area contributed by atoms with E-state index in [0.29, 0.717) is 13.0 Å². The largest absolute Gasteiger partial charge is 0.396 e. The van der Waals surface area contributed by atoms with E-state index in [2.05, 4.69) is 0 Å². The quantitative estimate of drug-likeness (QED) is 0.757. The second-order valence-electron chi connectivity index (χ2n) is 4.54. The fraction of sp³-hybridized carbons (Fsp3) is 0.500. The Morgan fingerprint density at radius 2 is 2.06 bits per heavy atom. The van der Waals surface area contributed by atoms with Crippen LogP contribution in [-0.2, 0) is 0 Å². The lowest BCUT2D eigenvalue weighted by molar-refractivity contribution is 0.0892. The van der Waals surface area contributed by atoms with E-state index in [4.69, 9.17) is 5.11 Å². The zero-order valence-corrected chi connectivity index (χ0v) is 10.9. The van der Waals surface area contributed by atoms with Gasteiger partial charge in [0.1, 0.15) is 5.82 Å². The van der Waals surface area contributed by atoms with Crippen LogP contribution in [0.2, 0.25) is 0 Å². The van der Waals surface area contributed by atoms with Gasteiger partial charge in [-0.15, -0.1) is 0 Å². The van der Waals surface area contributed by atoms with Crippen LogP contribution in [0.4, 0.5) is 4.39 Å². The van der Waals surface area contributed by atoms with Crippen molar-refractivity contribution in [2.45, 2.75) is 26.3 Å². The Labute approximate surface area is 107 Å². The molecule has 0 spiro atoms. The van der Waals surface area contributed by atoms with Crippen molar-refractivity contribution in [3.63, 3.8) is 0 Å². The van der Waals surface area contributed by atoms with Gasteiger partial charge in [0, 0.05) is 19.2 Å². The molecular weight excluding hydrogens is 233 g/mol. The molecule has 0 saturated carbocycles. The first-order chi connectivity index (χ1) is 8.56. The number of aliphatic hydroxyl groups excluding tert-OH is 1. The second kappa shape index (κ2) is 7.24. The normalized spacial score (nSPS) is 11.2. The van der Waals surface area contributed by atoms with E-state index in [9.17, 15) is 9.18 Å². The minimum atomic E-state index is -0.478. The van der Waals surface area contributed by atoms with Gasteiger partial charge in [-0.1, -0.05) is 12.1 Å². The zero-order valence-electron chi connectivity index (χ0n) is 10.9. The lowest BCUT2D eigenvalue weighted by Crippen LogP contribution is -2.37. The Morgan fingerprint density at radius 3 is 2.61 bits per heavy atom. The van der Waals surface area contributed by atoms with Gasteiger partial charge in [0.25, 0.3) is 0 Å². The highest BCUT2D eigenvalue weighted by atomic mass is 19.1. The summed E-state index contributed by atoms with van der Waals surface area (Å²) in [6, 6.07) is 6.21. The third kappa shape index (κ3) is 4.20. The van der Waals surface area contributed by atoms with Crippen molar-refractivity contribution < 1.29 is 14.3 Å². The monoisotopic (exact) mass is 253 g/mol. The predicted molar refractivity (Wildman–Crippen MR) is 69.1 cm³/mol. The SMILES string of the molecule is CC(C)N(CCCO)CC(=O)c1ccccc1F. The number of rotatable bonds is 7. The molecule has 3 nitrogen and oxygen atoms in total. The molecule has 0 amide bonds. The number of nitrogens with zero attached hydrogens (tertiary/aromatic N) is 1. The molecule has 1 N–H and O–H groups in total. The molecule has 4 heteroatoms. The van der Waals surface area contributed by atoms with Gasteiger partial charge in [0.15, 0.2) is 5.78 Å². The topological polar surface area (TPSA) is 40.5 Å². The summed E-state index contributed by atoms with van der Waals surface area (Å²) < 4.78 is 13.5. The molecular formula is C14H20FNO2. The maximum atomic E-state index is 13.5. The van der Waals surface area contributed by atoms with Gasteiger partial charge >= 0.3 is 0 Å². The first kappa shape index (κ1) is 14.8. The lowest BCUT2D eigenvalue weighted by atomic mass is 10.1. The van der Waals surface area contributed by atoms with E-state index in [0.717, 1.165) is 0 Å². The third-order valence-corrected chi connectivity index (χ3v) is 2.85. The molecule has 18 heavy (non-hydrogen) atoms. The zero-order chi connectivity index (χ0) is 13.5. The van der Waals surface area contributed by atoms with E-state index in [-0.39, 0.29) is 30.5 Å². The number of benzene rings is 1. The highest BCUT2D eigenvalue weighted by molar-refractivity contribution is 5.97. The standard InChI is InChI=1S/C14H20FNO2/c1-11(2)16(8-5-9-17)10-14(18)12-6-3-4-7-13(12)15/h3-4,6-7,11,17H,5,8-10H2,1-2H3. The molecule has 1 rings (SSSR count). The summed E-state index contributed by atoms with van der Waals surface area (Å²) in [5.74, 6) is -0.701. The number of carbonyl (C=O) groups is 1. The number of ketones is 1. The molecule has 0 bridgehead atoms. The third-order valence-electron chi connectivity index (χ3n) is 2.85. The van der Waals surface area contributed by atoms with E-state index in [1.54, 1.807) is 12.1 Å². The average Bonchev–Trinajstić information content (AvgIpc) is 2.34. The van der Waals surface area contributed by atoms with Gasteiger partial charge in [-0.25, -0.2) is 4.39 Å². The van der Waals surface area contributed by atoms with Crippen LogP contribution in [0.15, 0.2) is 24.3 Å². The van der Waals surface area contributed by atoms with E-state index < -0.39 is 5.82 Å². The van der Waals surface area contributed by atoms with E-state index in [1.165, 1.54) is 12.1 Å². The summed E-state index contributed by atoms with van der Waals surface area (Å²) in [6.07, 6.45) is 0.614. The molecule has 0 aliphatic rings. The van der Waals surface area contributed by atoms with Crippen molar-refractivity contribution in [1.29, 1.82) is 0 Å². The summed E-state index contributed by atoms with van der Waals surface area (Å²) in [6.45, 7) is 4.86. The van der Waals surface area contributed by atoms with Gasteiger partial charge in [0.2, 0.25) is 0 Å². The number of hydrogen-bond donors (Lipinski definition) is 1. The fourth-order valence-electron chi connectivity index (χ4n) is 1.75. The molecule has 0 aliphatic carbocycles. The van der Waals surface area contributed by atoms with Crippen molar-refractivity contribution in [1.82, 2.24) is 4.90 Å². The number of halogens is 1. The number of hydrogen-bond acceptors (Lipinski definition) is 3. The molecule has 0 saturated heterocycles. The van der Waals surface area contributed by atoms with Crippen molar-refractivity contribution in [3.8, 4) is 0 Å². The average molecular weight is 253 g/mol. The van der Waals surface area contributed by atoms with Crippen LogP contribution >= 0.6 is 0 Å². The van der Waals surface area contributed by atoms with Gasteiger partial charge in [-0.2, -0.15) is 0 Å². The lowest BCUT2D eigenvalue weighted by Gasteiger charge is -2.25. The molecule has 0 heterocycles. The van der Waals surface area contributed by atoms with Crippen molar-refractivity contribution in [3.05, 3.63) is 35.6 Å². The van der Waals surface area contributed by atoms with Gasteiger partial charge in [0.05, 0.1) is 12.1 Å². The van der Waals surface area contributed by atoms with Crippen LogP contribution in [0.1, 0.15) is 30.6 Å². The summed E-state index contributed by atoms with van der Waals surface area (Å²) >= 11 is 0. The van der Waals surface area contributed by atoms with Crippen LogP contribution in [-0.4, -0.2) is 41.5 Å². The van der Waals surface area contributed by atoms with Crippen molar-refractivity contribution in [2.75, 3.05) is 19.7 Å². The minimum absolute atomic E-state index is 0.0944. The number of aliphatic hydroxyl groups is 1. The predicted octanol–water partition coefficient (Wildman–Crippen LogP) is 2.10. The summed E-state index contributed by atoms with van der Waals surface area (Å²) in [7, 11) is 0. The maximum Gasteiger partial charge on any atom is 0.179 e. The van der Waals surface area contributed by atoms with Gasteiger partial charge in [-0.05, 0) is 32.4 Å². The molecule has 100 valence electrons. The molecule has 1 aromatic rings. The number of carbonyl (C=O) groups excluding carboxylic acids is 1. The number of Topliss-reactive ketones (excluding diaryl/α,β-unsaturated/α-hetero) is 1. The second-order valence-corrected chi connectivity index (χ2v) is 4.54. The molecule has 0 atom stereocenters. The Morgan fingerprint density at radius 1 is 1.39 bits per heavy atom. The van der Waals surface area contributed by atoms with Crippen molar-refractivity contribution in [2.24, 2.45) is 0 Å². The Bertz CT molecular complexity index is 393. The first-order valence-corrected chi connectivity index (χ1v) is 6.19. The van der Waals surface area contributed by atoms with Crippen LogP contribution in [0.25, 0.3) is 0 Å². The fourth-order valence-corrected chi connectivity index (χ4v) is 1.75. The van der Waals surface area contributed by atoms with Gasteiger partial charge < -0.3 is 5.11 Å². The molecule has 1 aromatic carbocycles. The summed E-state index contributed by atoms with van der Waals surface area (Å²) in [4.78, 5) is 13.9. The highest BCUT2D eigenvalue weighted by Crippen LogP contribution is 2.09. The van der Waals surface area contributed by atoms with Crippen molar-refractivity contribution >= 4 is 5.78 Å². The van der Waals surface area contributed by atoms with Crippen LogP contribution in [0.3, 0.4) is 0 Å². The highest BCUT2D eigenvalue weighted by Gasteiger charge is 2.17. The van der Waals surface area contributed by atoms with Gasteiger partial charge in [-0.3, -0.25) is 9.69 Å². The van der Waals surface area contributed by atoms with Crippen LogP contribution < -0.4 is 0 Å². The maximum absolute atomic E-state index is 13.5. The Balaban J connectivity index is 2.69.